The van der Waals surface area contributed by atoms with Gasteiger partial charge in [0.25, 0.3) is 5.91 Å². The molecule has 0 atom stereocenters. The highest BCUT2D eigenvalue weighted by Crippen LogP contribution is 2.27. The zero-order valence-electron chi connectivity index (χ0n) is 15.4. The highest BCUT2D eigenvalue weighted by atomic mass is 35.5. The maximum atomic E-state index is 12.5. The van der Waals surface area contributed by atoms with Crippen molar-refractivity contribution in [3.8, 4) is 5.75 Å². The largest absolute Gasteiger partial charge is 0.497 e. The van der Waals surface area contributed by atoms with Crippen LogP contribution in [0.25, 0.3) is 0 Å². The topological polar surface area (TPSA) is 114 Å². The number of piperidine rings is 1. The van der Waals surface area contributed by atoms with E-state index in [0.717, 1.165) is 6.26 Å². The Kier molecular flexibility index (Phi) is 8.52. The van der Waals surface area contributed by atoms with E-state index in [1.807, 2.05) is 0 Å². The molecule has 0 bridgehead atoms. The predicted molar refractivity (Wildman–Crippen MR) is 105 cm³/mol. The number of carbonyl (C=O) groups is 2. The van der Waals surface area contributed by atoms with E-state index in [1.165, 1.54) is 0 Å². The van der Waals surface area contributed by atoms with E-state index >= 15 is 0 Å². The van der Waals surface area contributed by atoms with Crippen molar-refractivity contribution in [1.29, 1.82) is 0 Å². The Hall–Kier alpha value is -1.84. The molecule has 1 heterocycles. The number of ether oxygens (including phenoxy) is 1. The standard InChI is InChI=1S/C17H25N3O5S.ClH/c1-25-14-5-3-13(4-6-14)15(21)19-11-12-20-16(22)17(26(2,23)24)7-9-18-10-8-17;/h3-6,18H,7-12H2,1-2H3,(H,19,21)(H,20,22);1H. The third kappa shape index (κ3) is 5.57. The zero-order chi connectivity index (χ0) is 19.2. The van der Waals surface area contributed by atoms with Crippen LogP contribution >= 0.6 is 12.4 Å². The summed E-state index contributed by atoms with van der Waals surface area (Å²) in [5.74, 6) is -0.122. The summed E-state index contributed by atoms with van der Waals surface area (Å²) in [6.45, 7) is 1.32. The number of sulfone groups is 1. The van der Waals surface area contributed by atoms with Crippen LogP contribution in [0.15, 0.2) is 24.3 Å². The molecule has 2 rings (SSSR count). The van der Waals surface area contributed by atoms with Gasteiger partial charge in [0.1, 0.15) is 5.75 Å². The molecule has 0 saturated carbocycles. The second-order valence-corrected chi connectivity index (χ2v) is 8.58. The van der Waals surface area contributed by atoms with Gasteiger partial charge >= 0.3 is 0 Å². The molecule has 1 saturated heterocycles. The molecule has 10 heteroatoms. The van der Waals surface area contributed by atoms with E-state index in [1.54, 1.807) is 31.4 Å². The minimum atomic E-state index is -3.54. The normalized spacial score (nSPS) is 15.9. The number of halogens is 1. The average molecular weight is 420 g/mol. The van der Waals surface area contributed by atoms with Crippen molar-refractivity contribution in [3.63, 3.8) is 0 Å². The van der Waals surface area contributed by atoms with Gasteiger partial charge in [-0.25, -0.2) is 8.42 Å². The number of carbonyl (C=O) groups excluding carboxylic acids is 2. The SMILES string of the molecule is COc1ccc(C(=O)NCCNC(=O)C2(S(C)(=O)=O)CCNCC2)cc1.Cl. The summed E-state index contributed by atoms with van der Waals surface area (Å²) in [6, 6.07) is 6.65. The van der Waals surface area contributed by atoms with Crippen molar-refractivity contribution in [3.05, 3.63) is 29.8 Å². The van der Waals surface area contributed by atoms with Gasteiger partial charge in [0.05, 0.1) is 7.11 Å². The van der Waals surface area contributed by atoms with Gasteiger partial charge in [-0.2, -0.15) is 0 Å². The van der Waals surface area contributed by atoms with Gasteiger partial charge < -0.3 is 20.7 Å². The number of nitrogens with one attached hydrogen (secondary N) is 3. The van der Waals surface area contributed by atoms with Crippen LogP contribution in [0.5, 0.6) is 5.75 Å². The Morgan fingerprint density at radius 3 is 2.19 bits per heavy atom. The van der Waals surface area contributed by atoms with Crippen molar-refractivity contribution < 1.29 is 22.7 Å². The Labute approximate surface area is 165 Å². The first-order valence-corrected chi connectivity index (χ1v) is 10.3. The van der Waals surface area contributed by atoms with Crippen molar-refractivity contribution in [1.82, 2.24) is 16.0 Å². The lowest BCUT2D eigenvalue weighted by atomic mass is 9.96. The lowest BCUT2D eigenvalue weighted by Crippen LogP contribution is -2.57. The van der Waals surface area contributed by atoms with Crippen LogP contribution in [0.3, 0.4) is 0 Å². The van der Waals surface area contributed by atoms with Gasteiger partial charge in [0.2, 0.25) is 5.91 Å². The Morgan fingerprint density at radius 1 is 1.11 bits per heavy atom. The third-order valence-electron chi connectivity index (χ3n) is 4.58. The minimum absolute atomic E-state index is 0. The zero-order valence-corrected chi connectivity index (χ0v) is 17.0. The fourth-order valence-corrected chi connectivity index (χ4v) is 4.31. The summed E-state index contributed by atoms with van der Waals surface area (Å²) >= 11 is 0. The maximum Gasteiger partial charge on any atom is 0.251 e. The van der Waals surface area contributed by atoms with E-state index in [4.69, 9.17) is 4.74 Å². The molecule has 1 aliphatic heterocycles. The number of hydrogen-bond acceptors (Lipinski definition) is 6. The number of amides is 2. The van der Waals surface area contributed by atoms with E-state index in [2.05, 4.69) is 16.0 Å². The Morgan fingerprint density at radius 2 is 1.67 bits per heavy atom. The summed E-state index contributed by atoms with van der Waals surface area (Å²) in [5.41, 5.74) is 0.475. The summed E-state index contributed by atoms with van der Waals surface area (Å²) in [4.78, 5) is 24.6. The van der Waals surface area contributed by atoms with E-state index in [9.17, 15) is 18.0 Å². The van der Waals surface area contributed by atoms with Crippen molar-refractivity contribution >= 4 is 34.1 Å². The molecule has 0 radical (unpaired) electrons. The second-order valence-electron chi connectivity index (χ2n) is 6.26. The lowest BCUT2D eigenvalue weighted by molar-refractivity contribution is -0.124. The van der Waals surface area contributed by atoms with Crippen LogP contribution in [-0.2, 0) is 14.6 Å². The molecule has 2 amide bonds. The molecule has 152 valence electrons. The molecule has 1 fully saturated rings. The lowest BCUT2D eigenvalue weighted by Gasteiger charge is -2.34. The third-order valence-corrected chi connectivity index (χ3v) is 6.60. The van der Waals surface area contributed by atoms with E-state index < -0.39 is 20.5 Å². The molecule has 1 aliphatic rings. The Balaban J connectivity index is 0.00000364. The quantitative estimate of drug-likeness (QED) is 0.541. The van der Waals surface area contributed by atoms with E-state index in [-0.39, 0.29) is 44.2 Å². The van der Waals surface area contributed by atoms with Gasteiger partial charge in [-0.05, 0) is 50.2 Å². The molecule has 0 aromatic heterocycles. The van der Waals surface area contributed by atoms with Crippen LogP contribution in [0.4, 0.5) is 0 Å². The van der Waals surface area contributed by atoms with Crippen molar-refractivity contribution in [2.24, 2.45) is 0 Å². The van der Waals surface area contributed by atoms with Crippen molar-refractivity contribution in [2.45, 2.75) is 17.6 Å². The van der Waals surface area contributed by atoms with Crippen LogP contribution in [0.2, 0.25) is 0 Å². The van der Waals surface area contributed by atoms with Crippen LogP contribution < -0.4 is 20.7 Å². The first-order chi connectivity index (χ1) is 12.3. The monoisotopic (exact) mass is 419 g/mol. The maximum absolute atomic E-state index is 12.5. The highest BCUT2D eigenvalue weighted by Gasteiger charge is 2.48. The average Bonchev–Trinajstić information content (AvgIpc) is 2.64. The number of rotatable bonds is 7. The van der Waals surface area contributed by atoms with Gasteiger partial charge in [0.15, 0.2) is 14.6 Å². The summed E-state index contributed by atoms with van der Waals surface area (Å²) in [7, 11) is -2.00. The molecule has 1 aromatic carbocycles. The molecule has 3 N–H and O–H groups in total. The number of hydrogen-bond donors (Lipinski definition) is 3. The van der Waals surface area contributed by atoms with Gasteiger partial charge in [-0.3, -0.25) is 9.59 Å². The van der Waals surface area contributed by atoms with Crippen LogP contribution in [-0.4, -0.2) is 64.5 Å². The van der Waals surface area contributed by atoms with Crippen LogP contribution in [0, 0.1) is 0 Å². The minimum Gasteiger partial charge on any atom is -0.497 e. The predicted octanol–water partition coefficient (Wildman–Crippen LogP) is 0.130. The Bertz CT molecular complexity index is 746. The van der Waals surface area contributed by atoms with Crippen molar-refractivity contribution in [2.75, 3.05) is 39.5 Å². The molecule has 8 nitrogen and oxygen atoms in total. The smallest absolute Gasteiger partial charge is 0.251 e. The summed E-state index contributed by atoms with van der Waals surface area (Å²) in [5, 5.41) is 8.40. The van der Waals surface area contributed by atoms with Gasteiger partial charge in [-0.1, -0.05) is 0 Å². The fraction of sp³-hybridized carbons (Fsp3) is 0.529. The number of benzene rings is 1. The molecular formula is C17H26ClN3O5S. The molecular weight excluding hydrogens is 394 g/mol. The highest BCUT2D eigenvalue weighted by molar-refractivity contribution is 7.92. The second kappa shape index (κ2) is 9.91. The molecule has 27 heavy (non-hydrogen) atoms. The fourth-order valence-electron chi connectivity index (χ4n) is 2.95. The molecule has 0 aliphatic carbocycles. The van der Waals surface area contributed by atoms with Crippen LogP contribution in [0.1, 0.15) is 23.2 Å². The first kappa shape index (κ1) is 23.2. The summed E-state index contributed by atoms with van der Waals surface area (Å²) < 4.78 is 28.0. The first-order valence-electron chi connectivity index (χ1n) is 8.41. The van der Waals surface area contributed by atoms with E-state index in [0.29, 0.717) is 24.4 Å². The molecule has 0 unspecified atom stereocenters. The molecule has 1 aromatic rings. The number of methoxy groups -OCH3 is 1. The van der Waals surface area contributed by atoms with Gasteiger partial charge in [-0.15, -0.1) is 12.4 Å². The van der Waals surface area contributed by atoms with Gasteiger partial charge in [0, 0.05) is 24.9 Å². The molecule has 0 spiro atoms. The summed E-state index contributed by atoms with van der Waals surface area (Å²) in [6.07, 6.45) is 1.59.